The van der Waals surface area contributed by atoms with E-state index < -0.39 is 0 Å². The van der Waals surface area contributed by atoms with E-state index in [2.05, 4.69) is 39.0 Å². The van der Waals surface area contributed by atoms with Crippen LogP contribution in [-0.2, 0) is 0 Å². The van der Waals surface area contributed by atoms with Gasteiger partial charge in [0.25, 0.3) is 0 Å². The first-order valence-corrected chi connectivity index (χ1v) is 4.76. The Hall–Kier alpha value is -1.55. The maximum Gasteiger partial charge on any atom is 0.0663 e. The zero-order valence-corrected chi connectivity index (χ0v) is 8.96. The SMILES string of the molecule is Cc1cc(C)c(C=CCC#N)cc1C. The lowest BCUT2D eigenvalue weighted by molar-refractivity contribution is 1.28. The van der Waals surface area contributed by atoms with Crippen LogP contribution >= 0.6 is 0 Å². The Labute approximate surface area is 85.7 Å². The first kappa shape index (κ1) is 10.5. The zero-order valence-electron chi connectivity index (χ0n) is 8.96. The van der Waals surface area contributed by atoms with Gasteiger partial charge in [0.15, 0.2) is 0 Å². The third-order valence-corrected chi connectivity index (χ3v) is 2.39. The summed E-state index contributed by atoms with van der Waals surface area (Å²) in [5.41, 5.74) is 5.10. The number of nitrogens with zero attached hydrogens (tertiary/aromatic N) is 1. The summed E-state index contributed by atoms with van der Waals surface area (Å²) < 4.78 is 0. The van der Waals surface area contributed by atoms with Gasteiger partial charge in [-0.05, 0) is 43.0 Å². The third kappa shape index (κ3) is 2.47. The van der Waals surface area contributed by atoms with Crippen molar-refractivity contribution in [2.75, 3.05) is 0 Å². The maximum absolute atomic E-state index is 8.41. The Morgan fingerprint density at radius 2 is 1.79 bits per heavy atom. The monoisotopic (exact) mass is 185 g/mol. The van der Waals surface area contributed by atoms with E-state index in [1.165, 1.54) is 22.3 Å². The molecule has 0 bridgehead atoms. The van der Waals surface area contributed by atoms with Crippen molar-refractivity contribution in [3.63, 3.8) is 0 Å². The summed E-state index contributed by atoms with van der Waals surface area (Å²) in [7, 11) is 0. The number of rotatable bonds is 2. The van der Waals surface area contributed by atoms with E-state index in [0.717, 1.165) is 0 Å². The van der Waals surface area contributed by atoms with Gasteiger partial charge in [-0.1, -0.05) is 24.3 Å². The van der Waals surface area contributed by atoms with Gasteiger partial charge in [0, 0.05) is 0 Å². The van der Waals surface area contributed by atoms with Crippen molar-refractivity contribution in [3.8, 4) is 6.07 Å². The van der Waals surface area contributed by atoms with E-state index in [0.29, 0.717) is 6.42 Å². The second kappa shape index (κ2) is 4.62. The standard InChI is InChI=1S/C13H15N/c1-10-8-12(3)13(9-11(10)2)6-4-5-7-14/h4,6,8-9H,5H2,1-3H3. The van der Waals surface area contributed by atoms with E-state index in [4.69, 9.17) is 5.26 Å². The fourth-order valence-corrected chi connectivity index (χ4v) is 1.40. The smallest absolute Gasteiger partial charge is 0.0663 e. The van der Waals surface area contributed by atoms with Crippen LogP contribution < -0.4 is 0 Å². The third-order valence-electron chi connectivity index (χ3n) is 2.39. The lowest BCUT2D eigenvalue weighted by atomic mass is 10.0. The van der Waals surface area contributed by atoms with Crippen molar-refractivity contribution in [1.29, 1.82) is 5.26 Å². The van der Waals surface area contributed by atoms with Gasteiger partial charge >= 0.3 is 0 Å². The van der Waals surface area contributed by atoms with Crippen molar-refractivity contribution in [3.05, 3.63) is 40.5 Å². The molecule has 1 nitrogen and oxygen atoms in total. The molecule has 0 aliphatic heterocycles. The summed E-state index contributed by atoms with van der Waals surface area (Å²) in [6.45, 7) is 6.32. The number of allylic oxidation sites excluding steroid dienone is 1. The highest BCUT2D eigenvalue weighted by Gasteiger charge is 1.97. The van der Waals surface area contributed by atoms with Gasteiger partial charge in [0.05, 0.1) is 12.5 Å². The molecule has 0 atom stereocenters. The van der Waals surface area contributed by atoms with Crippen molar-refractivity contribution in [1.82, 2.24) is 0 Å². The fourth-order valence-electron chi connectivity index (χ4n) is 1.40. The largest absolute Gasteiger partial charge is 0.198 e. The van der Waals surface area contributed by atoms with Gasteiger partial charge in [0.2, 0.25) is 0 Å². The Kier molecular flexibility index (Phi) is 3.48. The summed E-state index contributed by atoms with van der Waals surface area (Å²) in [5.74, 6) is 0. The van der Waals surface area contributed by atoms with Gasteiger partial charge in [0.1, 0.15) is 0 Å². The summed E-state index contributed by atoms with van der Waals surface area (Å²) in [4.78, 5) is 0. The molecule has 1 heteroatoms. The topological polar surface area (TPSA) is 23.8 Å². The molecule has 14 heavy (non-hydrogen) atoms. The van der Waals surface area contributed by atoms with Crippen LogP contribution in [0.3, 0.4) is 0 Å². The van der Waals surface area contributed by atoms with Gasteiger partial charge in [-0.15, -0.1) is 0 Å². The second-order valence-electron chi connectivity index (χ2n) is 3.56. The first-order chi connectivity index (χ1) is 6.65. The summed E-state index contributed by atoms with van der Waals surface area (Å²) in [5, 5.41) is 8.41. The molecule has 0 fully saturated rings. The molecule has 1 rings (SSSR count). The van der Waals surface area contributed by atoms with E-state index in [1.807, 2.05) is 12.2 Å². The average Bonchev–Trinajstić information content (AvgIpc) is 2.14. The molecule has 0 heterocycles. The Balaban J connectivity index is 2.99. The van der Waals surface area contributed by atoms with Crippen LogP contribution in [0, 0.1) is 32.1 Å². The van der Waals surface area contributed by atoms with Crippen molar-refractivity contribution < 1.29 is 0 Å². The van der Waals surface area contributed by atoms with Gasteiger partial charge < -0.3 is 0 Å². The average molecular weight is 185 g/mol. The number of hydrogen-bond donors (Lipinski definition) is 0. The highest BCUT2D eigenvalue weighted by Crippen LogP contribution is 2.16. The minimum absolute atomic E-state index is 0.479. The zero-order chi connectivity index (χ0) is 10.6. The summed E-state index contributed by atoms with van der Waals surface area (Å²) in [6, 6.07) is 6.44. The van der Waals surface area contributed by atoms with Crippen LogP contribution in [0.25, 0.3) is 6.08 Å². The van der Waals surface area contributed by atoms with Crippen molar-refractivity contribution in [2.45, 2.75) is 27.2 Å². The normalized spacial score (nSPS) is 10.4. The van der Waals surface area contributed by atoms with Gasteiger partial charge in [-0.25, -0.2) is 0 Å². The minimum Gasteiger partial charge on any atom is -0.198 e. The van der Waals surface area contributed by atoms with Crippen LogP contribution in [0.2, 0.25) is 0 Å². The molecular formula is C13H15N. The molecule has 72 valence electrons. The molecular weight excluding hydrogens is 170 g/mol. The van der Waals surface area contributed by atoms with Crippen LogP contribution in [-0.4, -0.2) is 0 Å². The van der Waals surface area contributed by atoms with E-state index in [9.17, 15) is 0 Å². The first-order valence-electron chi connectivity index (χ1n) is 4.76. The molecule has 0 saturated heterocycles. The summed E-state index contributed by atoms with van der Waals surface area (Å²) >= 11 is 0. The van der Waals surface area contributed by atoms with E-state index in [-0.39, 0.29) is 0 Å². The molecule has 0 aliphatic carbocycles. The minimum atomic E-state index is 0.479. The Bertz CT molecular complexity index is 394. The van der Waals surface area contributed by atoms with Crippen LogP contribution in [0.4, 0.5) is 0 Å². The second-order valence-corrected chi connectivity index (χ2v) is 3.56. The van der Waals surface area contributed by atoms with Crippen LogP contribution in [0.15, 0.2) is 18.2 Å². The molecule has 0 N–H and O–H groups in total. The molecule has 0 aliphatic rings. The quantitative estimate of drug-likeness (QED) is 0.691. The molecule has 1 aromatic carbocycles. The Morgan fingerprint density at radius 3 is 2.43 bits per heavy atom. The van der Waals surface area contributed by atoms with E-state index >= 15 is 0 Å². The molecule has 0 aromatic heterocycles. The lowest BCUT2D eigenvalue weighted by Gasteiger charge is -2.05. The number of benzene rings is 1. The number of nitriles is 1. The molecule has 0 unspecified atom stereocenters. The van der Waals surface area contributed by atoms with Gasteiger partial charge in [-0.3, -0.25) is 0 Å². The highest BCUT2D eigenvalue weighted by molar-refractivity contribution is 5.56. The lowest BCUT2D eigenvalue weighted by Crippen LogP contribution is -1.87. The molecule has 1 aromatic rings. The predicted molar refractivity (Wildman–Crippen MR) is 59.9 cm³/mol. The van der Waals surface area contributed by atoms with E-state index in [1.54, 1.807) is 0 Å². The molecule has 0 spiro atoms. The molecule has 0 radical (unpaired) electrons. The number of aryl methyl sites for hydroxylation is 3. The summed E-state index contributed by atoms with van der Waals surface area (Å²) in [6.07, 6.45) is 4.40. The van der Waals surface area contributed by atoms with Crippen LogP contribution in [0.1, 0.15) is 28.7 Å². The number of hydrogen-bond acceptors (Lipinski definition) is 1. The Morgan fingerprint density at radius 1 is 1.14 bits per heavy atom. The van der Waals surface area contributed by atoms with Gasteiger partial charge in [-0.2, -0.15) is 5.26 Å². The van der Waals surface area contributed by atoms with Crippen molar-refractivity contribution in [2.24, 2.45) is 0 Å². The van der Waals surface area contributed by atoms with Crippen molar-refractivity contribution >= 4 is 6.08 Å². The maximum atomic E-state index is 8.41. The van der Waals surface area contributed by atoms with Crippen LogP contribution in [0.5, 0.6) is 0 Å². The predicted octanol–water partition coefficient (Wildman–Crippen LogP) is 3.54. The molecule has 0 saturated carbocycles. The molecule has 0 amide bonds. The fraction of sp³-hybridized carbons (Fsp3) is 0.308. The highest BCUT2D eigenvalue weighted by atomic mass is 14.2.